The quantitative estimate of drug-likeness (QED) is 0.705. The summed E-state index contributed by atoms with van der Waals surface area (Å²) in [7, 11) is 0. The molecule has 1 aromatic rings. The highest BCUT2D eigenvalue weighted by molar-refractivity contribution is 5.53. The molecule has 0 aliphatic carbocycles. The Morgan fingerprint density at radius 3 is 2.46 bits per heavy atom. The molecule has 0 aromatic heterocycles. The maximum absolute atomic E-state index is 5.87. The lowest BCUT2D eigenvalue weighted by Gasteiger charge is -2.12. The maximum Gasteiger partial charge on any atom is 0.0346 e. The summed E-state index contributed by atoms with van der Waals surface area (Å²) < 4.78 is 0. The van der Waals surface area contributed by atoms with E-state index in [1.807, 2.05) is 6.07 Å². The van der Waals surface area contributed by atoms with Crippen LogP contribution >= 0.6 is 0 Å². The average molecular weight is 177 g/mol. The van der Waals surface area contributed by atoms with Gasteiger partial charge in [0.15, 0.2) is 0 Å². The van der Waals surface area contributed by atoms with E-state index in [0.717, 1.165) is 18.5 Å². The van der Waals surface area contributed by atoms with Crippen molar-refractivity contribution in [3.63, 3.8) is 0 Å². The number of rotatable bonds is 3. The summed E-state index contributed by atoms with van der Waals surface area (Å²) >= 11 is 0. The third-order valence-corrected chi connectivity index (χ3v) is 2.62. The van der Waals surface area contributed by atoms with Crippen LogP contribution in [0.3, 0.4) is 0 Å². The molecule has 0 aliphatic rings. The molecular weight excluding hydrogens is 158 g/mol. The Bertz CT molecular complexity index is 289. The summed E-state index contributed by atoms with van der Waals surface area (Å²) in [6.07, 6.45) is 3.45. The molecule has 0 radical (unpaired) electrons. The maximum atomic E-state index is 5.87. The van der Waals surface area contributed by atoms with E-state index in [0.29, 0.717) is 0 Å². The summed E-state index contributed by atoms with van der Waals surface area (Å²) in [5.41, 5.74) is 11.0. The summed E-state index contributed by atoms with van der Waals surface area (Å²) in [6.45, 7) is 6.53. The lowest BCUT2D eigenvalue weighted by atomic mass is 9.95. The highest BCUT2D eigenvalue weighted by Crippen LogP contribution is 2.22. The van der Waals surface area contributed by atoms with Crippen LogP contribution in [0.2, 0.25) is 0 Å². The monoisotopic (exact) mass is 177 g/mol. The van der Waals surface area contributed by atoms with Gasteiger partial charge in [-0.05, 0) is 42.5 Å². The molecule has 0 bridgehead atoms. The smallest absolute Gasteiger partial charge is 0.0346 e. The molecule has 0 aliphatic heterocycles. The van der Waals surface area contributed by atoms with Gasteiger partial charge in [-0.3, -0.25) is 0 Å². The molecular formula is C12H19N. The minimum atomic E-state index is 0.931. The van der Waals surface area contributed by atoms with Crippen LogP contribution in [-0.4, -0.2) is 0 Å². The second-order valence-electron chi connectivity index (χ2n) is 3.52. The fourth-order valence-electron chi connectivity index (χ4n) is 1.76. The first kappa shape index (κ1) is 10.1. The molecule has 72 valence electrons. The van der Waals surface area contributed by atoms with Crippen molar-refractivity contribution >= 4 is 5.69 Å². The van der Waals surface area contributed by atoms with Crippen molar-refractivity contribution in [1.29, 1.82) is 0 Å². The normalized spacial score (nSPS) is 10.4. The second-order valence-corrected chi connectivity index (χ2v) is 3.52. The van der Waals surface area contributed by atoms with Gasteiger partial charge >= 0.3 is 0 Å². The summed E-state index contributed by atoms with van der Waals surface area (Å²) in [6, 6.07) is 4.18. The van der Waals surface area contributed by atoms with Gasteiger partial charge in [0.25, 0.3) is 0 Å². The number of nitrogens with two attached hydrogens (primary N) is 1. The first-order valence-corrected chi connectivity index (χ1v) is 5.07. The zero-order valence-electron chi connectivity index (χ0n) is 8.85. The van der Waals surface area contributed by atoms with Crippen LogP contribution in [0.15, 0.2) is 12.1 Å². The van der Waals surface area contributed by atoms with Gasteiger partial charge in [-0.2, -0.15) is 0 Å². The Kier molecular flexibility index (Phi) is 3.35. The second kappa shape index (κ2) is 4.31. The van der Waals surface area contributed by atoms with Crippen LogP contribution in [0, 0.1) is 6.92 Å². The first-order chi connectivity index (χ1) is 6.20. The van der Waals surface area contributed by atoms with Gasteiger partial charge in [-0.15, -0.1) is 0 Å². The minimum Gasteiger partial charge on any atom is -0.399 e. The number of aryl methyl sites for hydroxylation is 1. The average Bonchev–Trinajstić information content (AvgIpc) is 2.14. The Hall–Kier alpha value is -0.980. The van der Waals surface area contributed by atoms with E-state index in [9.17, 15) is 0 Å². The minimum absolute atomic E-state index is 0.931. The molecule has 0 spiro atoms. The topological polar surface area (TPSA) is 26.0 Å². The lowest BCUT2D eigenvalue weighted by molar-refractivity contribution is 0.890. The van der Waals surface area contributed by atoms with Gasteiger partial charge in [-0.1, -0.05) is 26.3 Å². The van der Waals surface area contributed by atoms with Crippen molar-refractivity contribution in [2.45, 2.75) is 40.0 Å². The largest absolute Gasteiger partial charge is 0.399 e. The van der Waals surface area contributed by atoms with Crippen molar-refractivity contribution in [2.75, 3.05) is 5.73 Å². The van der Waals surface area contributed by atoms with Crippen molar-refractivity contribution in [2.24, 2.45) is 0 Å². The predicted molar refractivity (Wildman–Crippen MR) is 59.0 cm³/mol. The van der Waals surface area contributed by atoms with Gasteiger partial charge in [0.1, 0.15) is 0 Å². The third kappa shape index (κ3) is 2.03. The predicted octanol–water partition coefficient (Wildman–Crippen LogP) is 3.09. The van der Waals surface area contributed by atoms with Crippen molar-refractivity contribution < 1.29 is 0 Å². The van der Waals surface area contributed by atoms with Gasteiger partial charge < -0.3 is 5.73 Å². The Morgan fingerprint density at radius 2 is 1.92 bits per heavy atom. The highest BCUT2D eigenvalue weighted by Gasteiger charge is 2.05. The van der Waals surface area contributed by atoms with E-state index in [2.05, 4.69) is 26.8 Å². The van der Waals surface area contributed by atoms with Crippen molar-refractivity contribution in [3.8, 4) is 0 Å². The zero-order chi connectivity index (χ0) is 9.84. The van der Waals surface area contributed by atoms with E-state index < -0.39 is 0 Å². The Balaban J connectivity index is 3.15. The highest BCUT2D eigenvalue weighted by atomic mass is 14.6. The number of benzene rings is 1. The summed E-state index contributed by atoms with van der Waals surface area (Å²) in [4.78, 5) is 0. The van der Waals surface area contributed by atoms with E-state index >= 15 is 0 Å². The first-order valence-electron chi connectivity index (χ1n) is 5.07. The molecule has 0 saturated carbocycles. The lowest BCUT2D eigenvalue weighted by Crippen LogP contribution is -2.00. The standard InChI is InChI=1S/C12H19N/c1-4-6-11-9(3)12(13)8-7-10(11)5-2/h7-8H,4-6,13H2,1-3H3. The van der Waals surface area contributed by atoms with Gasteiger partial charge in [-0.25, -0.2) is 0 Å². The SMILES string of the molecule is CCCc1c(CC)ccc(N)c1C. The molecule has 2 N–H and O–H groups in total. The van der Waals surface area contributed by atoms with E-state index in [4.69, 9.17) is 5.73 Å². The van der Waals surface area contributed by atoms with Crippen molar-refractivity contribution in [1.82, 2.24) is 0 Å². The van der Waals surface area contributed by atoms with Crippen LogP contribution in [0.4, 0.5) is 5.69 Å². The zero-order valence-corrected chi connectivity index (χ0v) is 8.85. The molecule has 0 heterocycles. The van der Waals surface area contributed by atoms with Crippen molar-refractivity contribution in [3.05, 3.63) is 28.8 Å². The fourth-order valence-corrected chi connectivity index (χ4v) is 1.76. The fraction of sp³-hybridized carbons (Fsp3) is 0.500. The van der Waals surface area contributed by atoms with Crippen LogP contribution in [0.1, 0.15) is 37.0 Å². The number of anilines is 1. The van der Waals surface area contributed by atoms with Crippen LogP contribution in [0.25, 0.3) is 0 Å². The van der Waals surface area contributed by atoms with E-state index in [-0.39, 0.29) is 0 Å². The number of hydrogen-bond acceptors (Lipinski definition) is 1. The molecule has 0 atom stereocenters. The Morgan fingerprint density at radius 1 is 1.23 bits per heavy atom. The van der Waals surface area contributed by atoms with Gasteiger partial charge in [0, 0.05) is 5.69 Å². The van der Waals surface area contributed by atoms with Gasteiger partial charge in [0.2, 0.25) is 0 Å². The molecule has 0 fully saturated rings. The van der Waals surface area contributed by atoms with E-state index in [1.54, 1.807) is 0 Å². The van der Waals surface area contributed by atoms with Crippen LogP contribution in [-0.2, 0) is 12.8 Å². The summed E-state index contributed by atoms with van der Waals surface area (Å²) in [5, 5.41) is 0. The van der Waals surface area contributed by atoms with Gasteiger partial charge in [0.05, 0.1) is 0 Å². The van der Waals surface area contributed by atoms with Crippen LogP contribution in [0.5, 0.6) is 0 Å². The molecule has 0 saturated heterocycles. The molecule has 1 nitrogen and oxygen atoms in total. The number of hydrogen-bond donors (Lipinski definition) is 1. The Labute approximate surface area is 81.0 Å². The van der Waals surface area contributed by atoms with Crippen LogP contribution < -0.4 is 5.73 Å². The third-order valence-electron chi connectivity index (χ3n) is 2.62. The number of nitrogen functional groups attached to an aromatic ring is 1. The molecule has 13 heavy (non-hydrogen) atoms. The van der Waals surface area contributed by atoms with E-state index in [1.165, 1.54) is 23.1 Å². The molecule has 1 heteroatoms. The molecule has 0 unspecified atom stereocenters. The molecule has 0 amide bonds. The molecule has 1 rings (SSSR count). The summed E-state index contributed by atoms with van der Waals surface area (Å²) in [5.74, 6) is 0. The molecule has 1 aromatic carbocycles.